The van der Waals surface area contributed by atoms with Crippen molar-refractivity contribution in [1.29, 1.82) is 0 Å². The molecule has 1 heterocycles. The zero-order valence-electron chi connectivity index (χ0n) is 17.7. The highest BCUT2D eigenvalue weighted by Crippen LogP contribution is 2.61. The van der Waals surface area contributed by atoms with E-state index in [1.807, 2.05) is 54.6 Å². The Morgan fingerprint density at radius 2 is 1.22 bits per heavy atom. The maximum absolute atomic E-state index is 14.0. The average molecular weight is 415 g/mol. The lowest BCUT2D eigenvalue weighted by molar-refractivity contribution is -0.122. The molecule has 4 atom stereocenters. The maximum Gasteiger partial charge on any atom is 0.238 e. The van der Waals surface area contributed by atoms with E-state index in [1.54, 1.807) is 0 Å². The van der Waals surface area contributed by atoms with Crippen LogP contribution >= 0.6 is 0 Å². The fourth-order valence-corrected chi connectivity index (χ4v) is 6.49. The highest BCUT2D eigenvalue weighted by atomic mass is 16.2. The fraction of sp³-hybridized carbons (Fsp3) is 0.172. The van der Waals surface area contributed by atoms with E-state index < -0.39 is 0 Å². The molecule has 4 unspecified atom stereocenters. The lowest BCUT2D eigenvalue weighted by atomic mass is 9.55. The second-order valence-corrected chi connectivity index (χ2v) is 9.28. The molecular formula is C29H21NO2. The largest absolute Gasteiger partial charge is 0.274 e. The average Bonchev–Trinajstić information content (AvgIpc) is 3.09. The summed E-state index contributed by atoms with van der Waals surface area (Å²) in [5.74, 6) is -0.979. The van der Waals surface area contributed by atoms with E-state index in [-0.39, 0.29) is 35.5 Å². The summed E-state index contributed by atoms with van der Waals surface area (Å²) in [6, 6.07) is 28.7. The second-order valence-electron chi connectivity index (χ2n) is 9.28. The van der Waals surface area contributed by atoms with Gasteiger partial charge in [0.25, 0.3) is 0 Å². The van der Waals surface area contributed by atoms with E-state index in [4.69, 9.17) is 0 Å². The van der Waals surface area contributed by atoms with Crippen LogP contribution in [-0.4, -0.2) is 11.8 Å². The number of anilines is 1. The lowest BCUT2D eigenvalue weighted by Crippen LogP contribution is -2.41. The van der Waals surface area contributed by atoms with E-state index >= 15 is 0 Å². The van der Waals surface area contributed by atoms with Crippen LogP contribution in [0.5, 0.6) is 0 Å². The molecule has 4 aromatic carbocycles. The van der Waals surface area contributed by atoms with Gasteiger partial charge in [0.05, 0.1) is 17.5 Å². The van der Waals surface area contributed by atoms with E-state index in [9.17, 15) is 9.59 Å². The standard InChI is InChI=1S/C29H21NO2/c1-16-13-14-21-22(15-16)25-20-11-5-4-10-19(20)24(21)26-27(25)29(32)30(28(26)31)23-12-6-8-17-7-2-3-9-18(17)23/h2-15,24-27H,1H3. The number of amides is 2. The molecule has 2 amide bonds. The zero-order chi connectivity index (χ0) is 21.6. The molecule has 2 bridgehead atoms. The Morgan fingerprint density at radius 3 is 1.97 bits per heavy atom. The smallest absolute Gasteiger partial charge is 0.238 e. The highest BCUT2D eigenvalue weighted by molar-refractivity contribution is 6.26. The molecule has 3 heteroatoms. The van der Waals surface area contributed by atoms with Gasteiger partial charge in [0.15, 0.2) is 0 Å². The number of fused-ring (bicyclic) bond motifs is 1. The van der Waals surface area contributed by atoms with E-state index in [2.05, 4.69) is 37.3 Å². The number of rotatable bonds is 1. The number of carbonyl (C=O) groups is 2. The van der Waals surface area contributed by atoms with Gasteiger partial charge < -0.3 is 0 Å². The fourth-order valence-electron chi connectivity index (χ4n) is 6.49. The molecule has 1 saturated heterocycles. The quantitative estimate of drug-likeness (QED) is 0.383. The van der Waals surface area contributed by atoms with Gasteiger partial charge in [0, 0.05) is 17.2 Å². The molecule has 4 aromatic rings. The number of hydrogen-bond acceptors (Lipinski definition) is 2. The first-order valence-corrected chi connectivity index (χ1v) is 11.2. The van der Waals surface area contributed by atoms with Crippen molar-refractivity contribution in [2.24, 2.45) is 11.8 Å². The Bertz CT molecular complexity index is 1460. The summed E-state index contributed by atoms with van der Waals surface area (Å²) >= 11 is 0. The Labute approximate surface area is 186 Å². The van der Waals surface area contributed by atoms with E-state index in [0.29, 0.717) is 5.69 Å². The zero-order valence-corrected chi connectivity index (χ0v) is 17.7. The van der Waals surface area contributed by atoms with Crippen molar-refractivity contribution in [3.8, 4) is 0 Å². The van der Waals surface area contributed by atoms with Crippen LogP contribution in [0, 0.1) is 18.8 Å². The Hall–Kier alpha value is -3.72. The van der Waals surface area contributed by atoms with Gasteiger partial charge in [-0.2, -0.15) is 0 Å². The van der Waals surface area contributed by atoms with Gasteiger partial charge >= 0.3 is 0 Å². The Balaban J connectivity index is 1.47. The van der Waals surface area contributed by atoms with E-state index in [0.717, 1.165) is 10.8 Å². The van der Waals surface area contributed by atoms with Gasteiger partial charge in [-0.1, -0.05) is 84.4 Å². The van der Waals surface area contributed by atoms with Gasteiger partial charge in [-0.3, -0.25) is 9.59 Å². The van der Waals surface area contributed by atoms with Gasteiger partial charge in [-0.25, -0.2) is 4.90 Å². The van der Waals surface area contributed by atoms with Gasteiger partial charge in [-0.05, 0) is 40.6 Å². The van der Waals surface area contributed by atoms with Crippen LogP contribution in [0.15, 0.2) is 84.9 Å². The van der Waals surface area contributed by atoms with Crippen molar-refractivity contribution in [2.45, 2.75) is 18.8 Å². The van der Waals surface area contributed by atoms with Crippen molar-refractivity contribution in [3.63, 3.8) is 0 Å². The van der Waals surface area contributed by atoms with Gasteiger partial charge in [0.1, 0.15) is 0 Å². The predicted molar refractivity (Wildman–Crippen MR) is 125 cm³/mol. The first-order chi connectivity index (χ1) is 15.6. The summed E-state index contributed by atoms with van der Waals surface area (Å²) in [6.45, 7) is 2.09. The lowest BCUT2D eigenvalue weighted by Gasteiger charge is -2.46. The van der Waals surface area contributed by atoms with Crippen LogP contribution in [0.25, 0.3) is 10.8 Å². The third-order valence-electron chi connectivity index (χ3n) is 7.70. The van der Waals surface area contributed by atoms with Crippen LogP contribution in [-0.2, 0) is 9.59 Å². The molecule has 1 fully saturated rings. The van der Waals surface area contributed by atoms with Crippen LogP contribution in [0.1, 0.15) is 39.7 Å². The van der Waals surface area contributed by atoms with Crippen LogP contribution in [0.3, 0.4) is 0 Å². The SMILES string of the molecule is Cc1ccc2c(c1)C1c3ccccc3C2C2C(=O)N(c3cccc4ccccc34)C(=O)C12. The van der Waals surface area contributed by atoms with Crippen LogP contribution in [0.2, 0.25) is 0 Å². The summed E-state index contributed by atoms with van der Waals surface area (Å²) in [4.78, 5) is 29.5. The molecule has 0 spiro atoms. The highest BCUT2D eigenvalue weighted by Gasteiger charge is 2.61. The normalized spacial score (nSPS) is 25.1. The molecule has 32 heavy (non-hydrogen) atoms. The Morgan fingerprint density at radius 1 is 0.625 bits per heavy atom. The van der Waals surface area contributed by atoms with E-state index in [1.165, 1.54) is 32.7 Å². The topological polar surface area (TPSA) is 37.4 Å². The predicted octanol–water partition coefficient (Wildman–Crippen LogP) is 5.54. The summed E-state index contributed by atoms with van der Waals surface area (Å²) in [6.07, 6.45) is 0. The number of benzene rings is 4. The molecule has 0 saturated carbocycles. The molecular weight excluding hydrogens is 394 g/mol. The third kappa shape index (κ3) is 2.11. The molecule has 0 radical (unpaired) electrons. The van der Waals surface area contributed by atoms with Crippen LogP contribution in [0.4, 0.5) is 5.69 Å². The van der Waals surface area contributed by atoms with Gasteiger partial charge in [-0.15, -0.1) is 0 Å². The minimum absolute atomic E-state index is 0.0620. The first-order valence-electron chi connectivity index (χ1n) is 11.2. The van der Waals surface area contributed by atoms with Crippen molar-refractivity contribution in [3.05, 3.63) is 113 Å². The van der Waals surface area contributed by atoms with Gasteiger partial charge in [0.2, 0.25) is 11.8 Å². The summed E-state index contributed by atoms with van der Waals surface area (Å²) in [5.41, 5.74) is 6.73. The monoisotopic (exact) mass is 415 g/mol. The molecule has 3 nitrogen and oxygen atoms in total. The molecule has 3 aliphatic carbocycles. The third-order valence-corrected chi connectivity index (χ3v) is 7.70. The molecule has 4 aliphatic rings. The van der Waals surface area contributed by atoms with Crippen LogP contribution < -0.4 is 4.90 Å². The molecule has 8 rings (SSSR count). The first kappa shape index (κ1) is 17.9. The van der Waals surface area contributed by atoms with Crippen molar-refractivity contribution >= 4 is 28.3 Å². The van der Waals surface area contributed by atoms with Crippen molar-refractivity contribution in [1.82, 2.24) is 0 Å². The molecule has 0 aromatic heterocycles. The summed E-state index contributed by atoms with van der Waals surface area (Å²) in [5, 5.41) is 1.97. The Kier molecular flexibility index (Phi) is 3.45. The molecule has 154 valence electrons. The summed E-state index contributed by atoms with van der Waals surface area (Å²) < 4.78 is 0. The van der Waals surface area contributed by atoms with Crippen molar-refractivity contribution < 1.29 is 9.59 Å². The molecule has 1 aliphatic heterocycles. The summed E-state index contributed by atoms with van der Waals surface area (Å²) in [7, 11) is 0. The second kappa shape index (κ2) is 6.17. The number of imide groups is 1. The number of carbonyl (C=O) groups excluding carboxylic acids is 2. The van der Waals surface area contributed by atoms with Crippen molar-refractivity contribution in [2.75, 3.05) is 4.90 Å². The molecule has 0 N–H and O–H groups in total. The maximum atomic E-state index is 14.0. The minimum Gasteiger partial charge on any atom is -0.274 e. The number of aryl methyl sites for hydroxylation is 1. The number of nitrogens with zero attached hydrogens (tertiary/aromatic N) is 1. The number of hydrogen-bond donors (Lipinski definition) is 0. The minimum atomic E-state index is -0.351.